The number of thioether (sulfide) groups is 1. The van der Waals surface area contributed by atoms with Crippen LogP contribution in [0.3, 0.4) is 0 Å². The highest BCUT2D eigenvalue weighted by Crippen LogP contribution is 2.25. The van der Waals surface area contributed by atoms with Crippen LogP contribution in [0, 0.1) is 13.8 Å². The van der Waals surface area contributed by atoms with Gasteiger partial charge in [-0.1, -0.05) is 0 Å². The van der Waals surface area contributed by atoms with Crippen molar-refractivity contribution in [1.29, 1.82) is 0 Å². The Morgan fingerprint density at radius 1 is 1.35 bits per heavy atom. The highest BCUT2D eigenvalue weighted by atomic mass is 32.2. The maximum atomic E-state index is 12.1. The Labute approximate surface area is 106 Å². The van der Waals surface area contributed by atoms with Crippen LogP contribution in [0.15, 0.2) is 9.31 Å². The normalized spacial score (nSPS) is 12.0. The fourth-order valence-electron chi connectivity index (χ4n) is 1.65. The Morgan fingerprint density at radius 2 is 2.00 bits per heavy atom. The first-order valence-electron chi connectivity index (χ1n) is 5.21. The van der Waals surface area contributed by atoms with Crippen molar-refractivity contribution in [3.8, 4) is 0 Å². The summed E-state index contributed by atoms with van der Waals surface area (Å²) in [4.78, 5) is 0.193. The minimum Gasteiger partial charge on any atom is -0.465 e. The topological polar surface area (TPSA) is 85.3 Å². The van der Waals surface area contributed by atoms with E-state index in [9.17, 15) is 8.42 Å². The smallest absolute Gasteiger partial charge is 0.244 e. The third kappa shape index (κ3) is 3.25. The van der Waals surface area contributed by atoms with Gasteiger partial charge in [0.2, 0.25) is 10.0 Å². The number of sulfonamides is 1. The fraction of sp³-hybridized carbons (Fsp3) is 0.600. The Balaban J connectivity index is 3.06. The molecule has 0 spiro atoms. The van der Waals surface area contributed by atoms with Crippen LogP contribution in [-0.2, 0) is 16.6 Å². The number of aryl methyl sites for hydroxylation is 2. The van der Waals surface area contributed by atoms with Gasteiger partial charge >= 0.3 is 0 Å². The third-order valence-corrected chi connectivity index (χ3v) is 4.66. The zero-order chi connectivity index (χ0) is 13.1. The molecular weight excluding hydrogens is 260 g/mol. The molecule has 1 rings (SSSR count). The molecule has 0 amide bonds. The van der Waals surface area contributed by atoms with E-state index in [4.69, 9.17) is 10.2 Å². The monoisotopic (exact) mass is 278 g/mol. The molecule has 0 bridgehead atoms. The molecule has 0 fully saturated rings. The van der Waals surface area contributed by atoms with E-state index in [1.807, 2.05) is 6.26 Å². The summed E-state index contributed by atoms with van der Waals surface area (Å²) in [5, 5.41) is 0. The molecule has 7 heteroatoms. The lowest BCUT2D eigenvalue weighted by atomic mass is 10.2. The maximum Gasteiger partial charge on any atom is 0.244 e. The lowest BCUT2D eigenvalue weighted by molar-refractivity contribution is 0.494. The van der Waals surface area contributed by atoms with Crippen LogP contribution < -0.4 is 10.5 Å². The Kier molecular flexibility index (Phi) is 5.05. The van der Waals surface area contributed by atoms with Crippen LogP contribution in [-0.4, -0.2) is 27.0 Å². The van der Waals surface area contributed by atoms with E-state index < -0.39 is 10.0 Å². The van der Waals surface area contributed by atoms with Crippen LogP contribution in [0.1, 0.15) is 17.1 Å². The minimum atomic E-state index is -3.52. The summed E-state index contributed by atoms with van der Waals surface area (Å²) in [7, 11) is -3.52. The van der Waals surface area contributed by atoms with E-state index in [2.05, 4.69) is 4.72 Å². The molecule has 98 valence electrons. The first-order chi connectivity index (χ1) is 7.94. The molecule has 0 radical (unpaired) electrons. The average molecular weight is 278 g/mol. The van der Waals surface area contributed by atoms with Gasteiger partial charge in [0.1, 0.15) is 16.4 Å². The number of hydrogen-bond acceptors (Lipinski definition) is 5. The minimum absolute atomic E-state index is 0.155. The number of nitrogens with one attached hydrogen (secondary N) is 1. The van der Waals surface area contributed by atoms with Gasteiger partial charge < -0.3 is 10.2 Å². The first kappa shape index (κ1) is 14.6. The standard InChI is InChI=1S/C10H18N2O3S2/c1-7-9(6-11)10(8(2)15-7)17(13,14)12-4-5-16-3/h12H,4-6,11H2,1-3H3. The van der Waals surface area contributed by atoms with Gasteiger partial charge in [-0.2, -0.15) is 11.8 Å². The van der Waals surface area contributed by atoms with Crippen molar-refractivity contribution in [1.82, 2.24) is 4.72 Å². The SMILES string of the molecule is CSCCNS(=O)(=O)c1c(C)oc(C)c1CN. The summed E-state index contributed by atoms with van der Waals surface area (Å²) >= 11 is 1.58. The Bertz CT molecular complexity index is 480. The molecule has 0 aliphatic rings. The van der Waals surface area contributed by atoms with Crippen LogP contribution in [0.5, 0.6) is 0 Å². The zero-order valence-corrected chi connectivity index (χ0v) is 11.9. The predicted molar refractivity (Wildman–Crippen MR) is 69.6 cm³/mol. The van der Waals surface area contributed by atoms with Crippen LogP contribution >= 0.6 is 11.8 Å². The van der Waals surface area contributed by atoms with Crippen molar-refractivity contribution >= 4 is 21.8 Å². The maximum absolute atomic E-state index is 12.1. The van der Waals surface area contributed by atoms with Gasteiger partial charge in [-0.05, 0) is 20.1 Å². The average Bonchev–Trinajstić information content (AvgIpc) is 2.53. The van der Waals surface area contributed by atoms with Crippen molar-refractivity contribution in [2.75, 3.05) is 18.6 Å². The summed E-state index contributed by atoms with van der Waals surface area (Å²) in [6.45, 7) is 3.91. The Hall–Kier alpha value is -0.500. The molecule has 0 saturated heterocycles. The lowest BCUT2D eigenvalue weighted by Gasteiger charge is -2.06. The molecule has 1 aromatic heterocycles. The van der Waals surface area contributed by atoms with Gasteiger partial charge in [0.15, 0.2) is 0 Å². The van der Waals surface area contributed by atoms with Gasteiger partial charge in [-0.25, -0.2) is 13.1 Å². The molecule has 1 heterocycles. The van der Waals surface area contributed by atoms with E-state index in [0.29, 0.717) is 23.6 Å². The second-order valence-corrected chi connectivity index (χ2v) is 6.31. The number of rotatable bonds is 6. The highest BCUT2D eigenvalue weighted by molar-refractivity contribution is 7.98. The quantitative estimate of drug-likeness (QED) is 0.758. The zero-order valence-electron chi connectivity index (χ0n) is 10.2. The van der Waals surface area contributed by atoms with Gasteiger partial charge in [0.05, 0.1) is 0 Å². The molecule has 3 N–H and O–H groups in total. The molecular formula is C10H18N2O3S2. The van der Waals surface area contributed by atoms with Crippen LogP contribution in [0.4, 0.5) is 0 Å². The van der Waals surface area contributed by atoms with E-state index in [-0.39, 0.29) is 11.4 Å². The molecule has 0 aliphatic carbocycles. The lowest BCUT2D eigenvalue weighted by Crippen LogP contribution is -2.27. The van der Waals surface area contributed by atoms with Gasteiger partial charge in [0.25, 0.3) is 0 Å². The van der Waals surface area contributed by atoms with Crippen molar-refractivity contribution in [3.63, 3.8) is 0 Å². The predicted octanol–water partition coefficient (Wildman–Crippen LogP) is 0.996. The summed E-state index contributed by atoms with van der Waals surface area (Å²) in [5.41, 5.74) is 6.11. The molecule has 0 aromatic carbocycles. The molecule has 1 aromatic rings. The number of hydrogen-bond donors (Lipinski definition) is 2. The highest BCUT2D eigenvalue weighted by Gasteiger charge is 2.25. The first-order valence-corrected chi connectivity index (χ1v) is 8.09. The van der Waals surface area contributed by atoms with E-state index in [1.54, 1.807) is 25.6 Å². The Morgan fingerprint density at radius 3 is 2.53 bits per heavy atom. The largest absolute Gasteiger partial charge is 0.465 e. The molecule has 0 atom stereocenters. The summed E-state index contributed by atoms with van der Waals surface area (Å²) < 4.78 is 32.0. The molecule has 0 aliphatic heterocycles. The number of nitrogens with two attached hydrogens (primary N) is 1. The van der Waals surface area contributed by atoms with Gasteiger partial charge in [0, 0.05) is 24.4 Å². The fourth-order valence-corrected chi connectivity index (χ4v) is 3.57. The van der Waals surface area contributed by atoms with Crippen molar-refractivity contribution in [2.24, 2.45) is 5.73 Å². The summed E-state index contributed by atoms with van der Waals surface area (Å²) in [6.07, 6.45) is 1.92. The summed E-state index contributed by atoms with van der Waals surface area (Å²) in [5.74, 6) is 1.68. The van der Waals surface area contributed by atoms with Crippen LogP contribution in [0.25, 0.3) is 0 Å². The van der Waals surface area contributed by atoms with Gasteiger partial charge in [-0.3, -0.25) is 0 Å². The molecule has 17 heavy (non-hydrogen) atoms. The molecule has 0 saturated carbocycles. The van der Waals surface area contributed by atoms with Crippen molar-refractivity contribution in [2.45, 2.75) is 25.3 Å². The third-order valence-electron chi connectivity index (χ3n) is 2.40. The van der Waals surface area contributed by atoms with Crippen molar-refractivity contribution in [3.05, 3.63) is 17.1 Å². The molecule has 0 unspecified atom stereocenters. The van der Waals surface area contributed by atoms with E-state index in [0.717, 1.165) is 5.75 Å². The second-order valence-electron chi connectivity index (χ2n) is 3.62. The van der Waals surface area contributed by atoms with E-state index >= 15 is 0 Å². The molecule has 5 nitrogen and oxygen atoms in total. The number of furan rings is 1. The van der Waals surface area contributed by atoms with Crippen molar-refractivity contribution < 1.29 is 12.8 Å². The second kappa shape index (κ2) is 5.90. The summed E-state index contributed by atoms with van der Waals surface area (Å²) in [6, 6.07) is 0. The van der Waals surface area contributed by atoms with Crippen LogP contribution in [0.2, 0.25) is 0 Å². The van der Waals surface area contributed by atoms with Gasteiger partial charge in [-0.15, -0.1) is 0 Å². The van der Waals surface area contributed by atoms with E-state index in [1.165, 1.54) is 0 Å².